The van der Waals surface area contributed by atoms with Gasteiger partial charge in [0.05, 0.1) is 16.1 Å². The number of fused-ring (bicyclic) bond motifs is 1. The van der Waals surface area contributed by atoms with Gasteiger partial charge in [0.15, 0.2) is 17.4 Å². The lowest BCUT2D eigenvalue weighted by Gasteiger charge is -2.12. The fourth-order valence-electron chi connectivity index (χ4n) is 2.72. The van der Waals surface area contributed by atoms with Crippen molar-refractivity contribution in [2.45, 2.75) is 0 Å². The molecule has 2 amide bonds. The van der Waals surface area contributed by atoms with Crippen LogP contribution in [0.4, 0.5) is 29.3 Å². The zero-order valence-corrected chi connectivity index (χ0v) is 16.3. The molecular formula is C21H12ClF3N4O2. The molecule has 4 aromatic rings. The first-order valence-electron chi connectivity index (χ1n) is 8.80. The summed E-state index contributed by atoms with van der Waals surface area (Å²) < 4.78 is 47.7. The highest BCUT2D eigenvalue weighted by atomic mass is 35.5. The van der Waals surface area contributed by atoms with Crippen LogP contribution >= 0.6 is 11.6 Å². The number of rotatable bonds is 4. The number of nitrogens with one attached hydrogen (secondary N) is 2. The molecule has 0 aliphatic carbocycles. The normalized spacial score (nSPS) is 10.7. The molecule has 0 atom stereocenters. The van der Waals surface area contributed by atoms with Gasteiger partial charge in [0.1, 0.15) is 11.6 Å². The maximum absolute atomic E-state index is 14.5. The predicted molar refractivity (Wildman–Crippen MR) is 110 cm³/mol. The molecule has 0 spiro atoms. The molecule has 10 heteroatoms. The average Bonchev–Trinajstić information content (AvgIpc) is 2.73. The van der Waals surface area contributed by atoms with Crippen molar-refractivity contribution in [1.82, 2.24) is 9.97 Å². The number of hydrogen-bond acceptors (Lipinski definition) is 4. The minimum absolute atomic E-state index is 0.107. The van der Waals surface area contributed by atoms with Crippen LogP contribution in [0.1, 0.15) is 0 Å². The molecule has 31 heavy (non-hydrogen) atoms. The molecule has 4 rings (SSSR count). The van der Waals surface area contributed by atoms with E-state index in [1.165, 1.54) is 36.7 Å². The lowest BCUT2D eigenvalue weighted by Crippen LogP contribution is -2.19. The molecule has 1 aromatic heterocycles. The number of amides is 2. The summed E-state index contributed by atoms with van der Waals surface area (Å²) in [6.07, 6.45) is 3.00. The van der Waals surface area contributed by atoms with Gasteiger partial charge in [-0.3, -0.25) is 9.97 Å². The third kappa shape index (κ3) is 4.67. The van der Waals surface area contributed by atoms with Crippen LogP contribution in [0.15, 0.2) is 60.9 Å². The van der Waals surface area contributed by atoms with Gasteiger partial charge in [-0.2, -0.15) is 0 Å². The Bertz CT molecular complexity index is 1280. The number of carbonyl (C=O) groups excluding carboxylic acids is 1. The van der Waals surface area contributed by atoms with E-state index < -0.39 is 29.2 Å². The quantitative estimate of drug-likeness (QED) is 0.396. The van der Waals surface area contributed by atoms with Crippen LogP contribution in [0.2, 0.25) is 5.02 Å². The molecule has 0 bridgehead atoms. The topological polar surface area (TPSA) is 76.1 Å². The smallest absolute Gasteiger partial charge is 0.323 e. The van der Waals surface area contributed by atoms with Crippen molar-refractivity contribution in [2.75, 3.05) is 10.6 Å². The highest BCUT2D eigenvalue weighted by molar-refractivity contribution is 6.30. The molecule has 0 radical (unpaired) electrons. The Morgan fingerprint density at radius 3 is 2.16 bits per heavy atom. The second kappa shape index (κ2) is 8.49. The summed E-state index contributed by atoms with van der Waals surface area (Å²) >= 11 is 5.58. The Morgan fingerprint density at radius 2 is 1.45 bits per heavy atom. The minimum atomic E-state index is -1.04. The number of urea groups is 1. The summed E-state index contributed by atoms with van der Waals surface area (Å²) in [5, 5.41) is 4.49. The molecular weight excluding hydrogens is 433 g/mol. The maximum Gasteiger partial charge on any atom is 0.323 e. The van der Waals surface area contributed by atoms with Gasteiger partial charge in [-0.05, 0) is 30.3 Å². The van der Waals surface area contributed by atoms with Crippen LogP contribution in [0.3, 0.4) is 0 Å². The Balaban J connectivity index is 1.49. The van der Waals surface area contributed by atoms with E-state index in [-0.39, 0.29) is 22.1 Å². The second-order valence-electron chi connectivity index (χ2n) is 6.29. The van der Waals surface area contributed by atoms with E-state index in [0.717, 1.165) is 18.2 Å². The van der Waals surface area contributed by atoms with E-state index in [1.54, 1.807) is 6.07 Å². The lowest BCUT2D eigenvalue weighted by molar-refractivity contribution is 0.262. The monoisotopic (exact) mass is 444 g/mol. The van der Waals surface area contributed by atoms with Crippen LogP contribution in [-0.4, -0.2) is 16.0 Å². The van der Waals surface area contributed by atoms with Gasteiger partial charge in [-0.15, -0.1) is 0 Å². The van der Waals surface area contributed by atoms with Crippen LogP contribution in [0, 0.1) is 17.5 Å². The van der Waals surface area contributed by atoms with Crippen LogP contribution in [-0.2, 0) is 0 Å². The van der Waals surface area contributed by atoms with Gasteiger partial charge in [0.2, 0.25) is 0 Å². The fraction of sp³-hybridized carbons (Fsp3) is 0. The number of hydrogen-bond donors (Lipinski definition) is 2. The van der Waals surface area contributed by atoms with E-state index in [4.69, 9.17) is 16.3 Å². The number of anilines is 2. The molecule has 0 saturated heterocycles. The molecule has 6 nitrogen and oxygen atoms in total. The van der Waals surface area contributed by atoms with E-state index in [1.807, 2.05) is 0 Å². The van der Waals surface area contributed by atoms with Gasteiger partial charge < -0.3 is 15.4 Å². The van der Waals surface area contributed by atoms with Gasteiger partial charge in [0.25, 0.3) is 0 Å². The molecule has 0 aliphatic rings. The molecule has 0 unspecified atom stereocenters. The first-order chi connectivity index (χ1) is 14.9. The lowest BCUT2D eigenvalue weighted by atomic mass is 10.2. The van der Waals surface area contributed by atoms with Crippen LogP contribution in [0.25, 0.3) is 11.0 Å². The number of halogens is 4. The SMILES string of the molecule is O=C(Nc1ccc(Cl)c(F)c1)Nc1cc(F)c(Oc2ccc3nccnc3c2)c(F)c1. The molecule has 0 fully saturated rings. The first kappa shape index (κ1) is 20.4. The van der Waals surface area contributed by atoms with Gasteiger partial charge in [-0.25, -0.2) is 18.0 Å². The number of ether oxygens (including phenoxy) is 1. The van der Waals surface area contributed by atoms with E-state index in [2.05, 4.69) is 20.6 Å². The highest BCUT2D eigenvalue weighted by Gasteiger charge is 2.16. The van der Waals surface area contributed by atoms with Crippen LogP contribution < -0.4 is 15.4 Å². The second-order valence-corrected chi connectivity index (χ2v) is 6.69. The number of carbonyl (C=O) groups is 1. The third-order valence-corrected chi connectivity index (χ3v) is 4.40. The predicted octanol–water partition coefficient (Wildman–Crippen LogP) is 6.14. The van der Waals surface area contributed by atoms with Gasteiger partial charge in [0, 0.05) is 42.0 Å². The van der Waals surface area contributed by atoms with Gasteiger partial charge in [-0.1, -0.05) is 11.6 Å². The van der Waals surface area contributed by atoms with Crippen molar-refractivity contribution in [3.63, 3.8) is 0 Å². The summed E-state index contributed by atoms with van der Waals surface area (Å²) in [7, 11) is 0. The molecule has 1 heterocycles. The largest absolute Gasteiger partial charge is 0.451 e. The summed E-state index contributed by atoms with van der Waals surface area (Å²) in [4.78, 5) is 20.2. The molecule has 156 valence electrons. The molecule has 2 N–H and O–H groups in total. The van der Waals surface area contributed by atoms with Crippen molar-refractivity contribution in [2.24, 2.45) is 0 Å². The Morgan fingerprint density at radius 1 is 0.806 bits per heavy atom. The maximum atomic E-state index is 14.5. The first-order valence-corrected chi connectivity index (χ1v) is 9.17. The summed E-state index contributed by atoms with van der Waals surface area (Å²) in [5.74, 6) is -3.28. The molecule has 0 aliphatic heterocycles. The molecule has 0 saturated carbocycles. The summed E-state index contributed by atoms with van der Waals surface area (Å²) in [6.45, 7) is 0. The number of benzene rings is 3. The van der Waals surface area contributed by atoms with Gasteiger partial charge >= 0.3 is 6.03 Å². The average molecular weight is 445 g/mol. The van der Waals surface area contributed by atoms with Crippen molar-refractivity contribution in [3.8, 4) is 11.5 Å². The summed E-state index contributed by atoms with van der Waals surface area (Å²) in [6, 6.07) is 9.19. The zero-order valence-electron chi connectivity index (χ0n) is 15.5. The van der Waals surface area contributed by atoms with Crippen molar-refractivity contribution in [1.29, 1.82) is 0 Å². The van der Waals surface area contributed by atoms with E-state index in [9.17, 15) is 18.0 Å². The van der Waals surface area contributed by atoms with Crippen LogP contribution in [0.5, 0.6) is 11.5 Å². The van der Waals surface area contributed by atoms with Crippen molar-refractivity contribution >= 4 is 40.0 Å². The molecule has 3 aromatic carbocycles. The Labute approximate surface area is 178 Å². The standard InChI is InChI=1S/C21H12ClF3N4O2/c22-14-3-1-11(7-15(14)23)28-21(30)29-12-8-16(24)20(17(25)9-12)31-13-2-4-18-19(10-13)27-6-5-26-18/h1-10H,(H2,28,29,30). The Hall–Kier alpha value is -3.85. The van der Waals surface area contributed by atoms with E-state index in [0.29, 0.717) is 11.0 Å². The van der Waals surface area contributed by atoms with Crippen molar-refractivity contribution in [3.05, 3.63) is 83.4 Å². The highest BCUT2D eigenvalue weighted by Crippen LogP contribution is 2.31. The van der Waals surface area contributed by atoms with Crippen molar-refractivity contribution < 1.29 is 22.7 Å². The van der Waals surface area contributed by atoms with E-state index >= 15 is 0 Å². The Kier molecular flexibility index (Phi) is 5.59. The fourth-order valence-corrected chi connectivity index (χ4v) is 2.84. The number of aromatic nitrogens is 2. The summed E-state index contributed by atoms with van der Waals surface area (Å²) in [5.41, 5.74) is 1.04. The third-order valence-electron chi connectivity index (χ3n) is 4.09. The number of nitrogens with zero attached hydrogens (tertiary/aromatic N) is 2. The zero-order chi connectivity index (χ0) is 22.0. The minimum Gasteiger partial charge on any atom is -0.451 e.